The maximum absolute atomic E-state index is 12.7. The predicted molar refractivity (Wildman–Crippen MR) is 87.7 cm³/mol. The molecule has 0 amide bonds. The molecule has 116 valence electrons. The molecule has 0 spiro atoms. The fourth-order valence-electron chi connectivity index (χ4n) is 3.81. The van der Waals surface area contributed by atoms with Gasteiger partial charge in [0.1, 0.15) is 16.8 Å². The predicted octanol–water partition coefficient (Wildman–Crippen LogP) is 2.18. The molecule has 5 heteroatoms. The minimum atomic E-state index is 0.108. The average molecular weight is 298 g/mol. The Bertz CT molecular complexity index is 841. The Morgan fingerprint density at radius 3 is 2.95 bits per heavy atom. The highest BCUT2D eigenvalue weighted by Crippen LogP contribution is 2.20. The van der Waals surface area contributed by atoms with Crippen LogP contribution >= 0.6 is 0 Å². The van der Waals surface area contributed by atoms with Crippen LogP contribution in [0.1, 0.15) is 31.4 Å². The zero-order chi connectivity index (χ0) is 15.1. The zero-order valence-corrected chi connectivity index (χ0v) is 13.0. The first kappa shape index (κ1) is 13.8. The second-order valence-corrected chi connectivity index (χ2v) is 6.42. The van der Waals surface area contributed by atoms with Crippen LogP contribution in [0.3, 0.4) is 0 Å². The van der Waals surface area contributed by atoms with Crippen LogP contribution in [0.4, 0.5) is 0 Å². The molecule has 0 saturated carbocycles. The highest BCUT2D eigenvalue weighted by Gasteiger charge is 2.18. The summed E-state index contributed by atoms with van der Waals surface area (Å²) < 4.78 is 3.93. The van der Waals surface area contributed by atoms with Gasteiger partial charge in [0.2, 0.25) is 0 Å². The monoisotopic (exact) mass is 298 g/mol. The van der Waals surface area contributed by atoms with Crippen molar-refractivity contribution in [3.05, 3.63) is 34.2 Å². The Balaban J connectivity index is 1.60. The molecule has 0 atom stereocenters. The number of piperidine rings is 1. The number of pyridine rings is 1. The fourth-order valence-corrected chi connectivity index (χ4v) is 3.81. The van der Waals surface area contributed by atoms with Crippen LogP contribution < -0.4 is 10.9 Å². The van der Waals surface area contributed by atoms with Crippen molar-refractivity contribution in [2.75, 3.05) is 13.1 Å². The third kappa shape index (κ3) is 2.11. The SMILES string of the molecule is Cc1nc2cccc3n(CCCC4CCNCC4)c(=O)c1n23. The minimum Gasteiger partial charge on any atom is -0.317 e. The van der Waals surface area contributed by atoms with Crippen molar-refractivity contribution in [2.45, 2.75) is 39.2 Å². The number of aryl methyl sites for hydroxylation is 2. The first-order valence-electron chi connectivity index (χ1n) is 8.26. The van der Waals surface area contributed by atoms with Gasteiger partial charge < -0.3 is 5.32 Å². The molecule has 1 aliphatic rings. The summed E-state index contributed by atoms with van der Waals surface area (Å²) in [5.41, 5.74) is 3.53. The average Bonchev–Trinajstić information content (AvgIpc) is 3.02. The highest BCUT2D eigenvalue weighted by atomic mass is 16.1. The maximum Gasteiger partial charge on any atom is 0.278 e. The summed E-state index contributed by atoms with van der Waals surface area (Å²) in [4.78, 5) is 17.2. The van der Waals surface area contributed by atoms with E-state index in [9.17, 15) is 4.79 Å². The quantitative estimate of drug-likeness (QED) is 0.803. The van der Waals surface area contributed by atoms with Crippen molar-refractivity contribution in [3.8, 4) is 0 Å². The Morgan fingerprint density at radius 1 is 1.32 bits per heavy atom. The lowest BCUT2D eigenvalue weighted by atomic mass is 9.93. The third-order valence-corrected chi connectivity index (χ3v) is 4.97. The molecule has 0 unspecified atom stereocenters. The number of aromatic nitrogens is 3. The van der Waals surface area contributed by atoms with Crippen molar-refractivity contribution in [1.82, 2.24) is 19.3 Å². The highest BCUT2D eigenvalue weighted by molar-refractivity contribution is 5.69. The van der Waals surface area contributed by atoms with Crippen LogP contribution in [0.2, 0.25) is 0 Å². The summed E-state index contributed by atoms with van der Waals surface area (Å²) in [5, 5.41) is 3.41. The van der Waals surface area contributed by atoms with Gasteiger partial charge in [-0.15, -0.1) is 0 Å². The van der Waals surface area contributed by atoms with Crippen molar-refractivity contribution < 1.29 is 0 Å². The summed E-state index contributed by atoms with van der Waals surface area (Å²) in [6.07, 6.45) is 4.83. The molecule has 22 heavy (non-hydrogen) atoms. The lowest BCUT2D eigenvalue weighted by Gasteiger charge is -2.22. The standard InChI is InChI=1S/C17H22N4O/c1-12-16-17(22)20(11-3-4-13-7-9-18-10-8-13)15-6-2-5-14(19-12)21(15)16/h2,5-6,13,18H,3-4,7-11H2,1H3. The van der Waals surface area contributed by atoms with Crippen LogP contribution in [-0.2, 0) is 6.54 Å². The van der Waals surface area contributed by atoms with E-state index < -0.39 is 0 Å². The number of imidazole rings is 2. The van der Waals surface area contributed by atoms with Crippen LogP contribution in [0, 0.1) is 12.8 Å². The molecular weight excluding hydrogens is 276 g/mol. The minimum absolute atomic E-state index is 0.108. The van der Waals surface area contributed by atoms with Gasteiger partial charge in [0.05, 0.1) is 5.69 Å². The molecule has 1 aliphatic heterocycles. The first-order valence-corrected chi connectivity index (χ1v) is 8.26. The van der Waals surface area contributed by atoms with Crippen LogP contribution in [0.15, 0.2) is 23.0 Å². The van der Waals surface area contributed by atoms with E-state index in [-0.39, 0.29) is 5.56 Å². The molecule has 1 N–H and O–H groups in total. The van der Waals surface area contributed by atoms with E-state index in [0.29, 0.717) is 0 Å². The van der Waals surface area contributed by atoms with E-state index in [2.05, 4.69) is 10.3 Å². The maximum atomic E-state index is 12.7. The number of nitrogens with one attached hydrogen (secondary N) is 1. The van der Waals surface area contributed by atoms with Crippen molar-refractivity contribution in [2.24, 2.45) is 5.92 Å². The second kappa shape index (κ2) is 5.39. The molecule has 4 heterocycles. The second-order valence-electron chi connectivity index (χ2n) is 6.42. The zero-order valence-electron chi connectivity index (χ0n) is 13.0. The Morgan fingerprint density at radius 2 is 2.14 bits per heavy atom. The Kier molecular flexibility index (Phi) is 3.37. The Labute approximate surface area is 129 Å². The molecule has 3 aromatic rings. The lowest BCUT2D eigenvalue weighted by Crippen LogP contribution is -2.28. The van der Waals surface area contributed by atoms with Crippen molar-refractivity contribution in [1.29, 1.82) is 0 Å². The van der Waals surface area contributed by atoms with Gasteiger partial charge in [0.25, 0.3) is 5.56 Å². The molecule has 1 fully saturated rings. The number of rotatable bonds is 4. The molecule has 0 aromatic carbocycles. The largest absolute Gasteiger partial charge is 0.317 e. The summed E-state index contributed by atoms with van der Waals surface area (Å²) in [6, 6.07) is 5.97. The molecule has 3 aromatic heterocycles. The number of hydrogen-bond acceptors (Lipinski definition) is 3. The van der Waals surface area contributed by atoms with Gasteiger partial charge in [-0.1, -0.05) is 6.07 Å². The van der Waals surface area contributed by atoms with Gasteiger partial charge in [-0.2, -0.15) is 0 Å². The molecule has 0 bridgehead atoms. The summed E-state index contributed by atoms with van der Waals surface area (Å²) >= 11 is 0. The van der Waals surface area contributed by atoms with E-state index in [1.165, 1.54) is 19.3 Å². The van der Waals surface area contributed by atoms with Gasteiger partial charge in [0, 0.05) is 6.54 Å². The van der Waals surface area contributed by atoms with Gasteiger partial charge in [-0.05, 0) is 63.7 Å². The fraction of sp³-hybridized carbons (Fsp3) is 0.529. The van der Waals surface area contributed by atoms with Crippen molar-refractivity contribution in [3.63, 3.8) is 0 Å². The lowest BCUT2D eigenvalue weighted by molar-refractivity contribution is 0.340. The third-order valence-electron chi connectivity index (χ3n) is 4.97. The normalized spacial score (nSPS) is 17.0. The van der Waals surface area contributed by atoms with E-state index >= 15 is 0 Å². The number of hydrogen-bond donors (Lipinski definition) is 1. The summed E-state index contributed by atoms with van der Waals surface area (Å²) in [6.45, 7) is 5.01. The van der Waals surface area contributed by atoms with Crippen LogP contribution in [0.5, 0.6) is 0 Å². The molecule has 0 aliphatic carbocycles. The van der Waals surface area contributed by atoms with E-state index in [1.807, 2.05) is 34.1 Å². The van der Waals surface area contributed by atoms with Crippen LogP contribution in [-0.4, -0.2) is 27.0 Å². The first-order chi connectivity index (χ1) is 10.8. The summed E-state index contributed by atoms with van der Waals surface area (Å²) in [7, 11) is 0. The van der Waals surface area contributed by atoms with Gasteiger partial charge in [-0.3, -0.25) is 13.8 Å². The smallest absolute Gasteiger partial charge is 0.278 e. The molecule has 0 radical (unpaired) electrons. The van der Waals surface area contributed by atoms with Gasteiger partial charge in [0.15, 0.2) is 0 Å². The van der Waals surface area contributed by atoms with E-state index in [1.54, 1.807) is 0 Å². The van der Waals surface area contributed by atoms with Crippen LogP contribution in [0.25, 0.3) is 16.8 Å². The van der Waals surface area contributed by atoms with E-state index in [4.69, 9.17) is 0 Å². The molecular formula is C17H22N4O. The topological polar surface area (TPSA) is 51.3 Å². The molecule has 1 saturated heterocycles. The van der Waals surface area contributed by atoms with E-state index in [0.717, 1.165) is 54.5 Å². The summed E-state index contributed by atoms with van der Waals surface area (Å²) in [5.74, 6) is 0.817. The van der Waals surface area contributed by atoms with Gasteiger partial charge >= 0.3 is 0 Å². The molecule has 5 nitrogen and oxygen atoms in total. The van der Waals surface area contributed by atoms with Crippen molar-refractivity contribution >= 4 is 16.8 Å². The molecule has 4 rings (SSSR count). The Hall–Kier alpha value is -1.88. The van der Waals surface area contributed by atoms with Gasteiger partial charge in [-0.25, -0.2) is 4.98 Å². The number of nitrogens with zero attached hydrogens (tertiary/aromatic N) is 3.